The number of aromatic nitrogens is 2. The predicted octanol–water partition coefficient (Wildman–Crippen LogP) is 2.92. The highest BCUT2D eigenvalue weighted by Crippen LogP contribution is 2.16. The minimum Gasteiger partial charge on any atom is -0.261 e. The van der Waals surface area contributed by atoms with E-state index in [1.54, 1.807) is 18.6 Å². The van der Waals surface area contributed by atoms with Gasteiger partial charge in [0.15, 0.2) is 0 Å². The second kappa shape index (κ2) is 4.89. The number of rotatable bonds is 3. The largest absolute Gasteiger partial charge is 0.261 e. The number of hydrogen-bond donors (Lipinski definition) is 0. The molecule has 1 aromatic heterocycles. The first-order valence-electron chi connectivity index (χ1n) is 4.84. The molecule has 0 aliphatic rings. The van der Waals surface area contributed by atoms with E-state index in [1.165, 1.54) is 0 Å². The van der Waals surface area contributed by atoms with Gasteiger partial charge in [0.25, 0.3) is 0 Å². The molecule has 0 fully saturated rings. The van der Waals surface area contributed by atoms with Crippen molar-refractivity contribution in [3.8, 4) is 0 Å². The van der Waals surface area contributed by atoms with Gasteiger partial charge in [-0.2, -0.15) is 0 Å². The van der Waals surface area contributed by atoms with E-state index in [2.05, 4.69) is 9.97 Å². The summed E-state index contributed by atoms with van der Waals surface area (Å²) in [6, 6.07) is 7.89. The van der Waals surface area contributed by atoms with Gasteiger partial charge in [-0.25, -0.2) is 0 Å². The van der Waals surface area contributed by atoms with E-state index in [0.29, 0.717) is 0 Å². The molecule has 0 radical (unpaired) electrons. The van der Waals surface area contributed by atoms with Crippen LogP contribution in [0.15, 0.2) is 42.9 Å². The molecule has 2 aromatic rings. The first kappa shape index (κ1) is 10.1. The van der Waals surface area contributed by atoms with Crippen LogP contribution in [0, 0.1) is 0 Å². The highest BCUT2D eigenvalue weighted by atomic mass is 35.5. The summed E-state index contributed by atoms with van der Waals surface area (Å²) < 4.78 is 0. The molecule has 76 valence electrons. The maximum absolute atomic E-state index is 6.05. The minimum absolute atomic E-state index is 0.821. The number of hydrogen-bond acceptors (Lipinski definition) is 2. The van der Waals surface area contributed by atoms with Crippen LogP contribution in [-0.2, 0) is 12.8 Å². The average molecular weight is 219 g/mol. The summed E-state index contributed by atoms with van der Waals surface area (Å²) >= 11 is 6.05. The van der Waals surface area contributed by atoms with Crippen LogP contribution >= 0.6 is 11.6 Å². The van der Waals surface area contributed by atoms with Gasteiger partial charge in [-0.05, 0) is 24.5 Å². The van der Waals surface area contributed by atoms with E-state index >= 15 is 0 Å². The van der Waals surface area contributed by atoms with Crippen molar-refractivity contribution in [3.05, 3.63) is 59.1 Å². The van der Waals surface area contributed by atoms with E-state index in [9.17, 15) is 0 Å². The van der Waals surface area contributed by atoms with Crippen molar-refractivity contribution in [2.75, 3.05) is 0 Å². The van der Waals surface area contributed by atoms with Gasteiger partial charge in [-0.1, -0.05) is 29.8 Å². The molecule has 0 spiro atoms. The third-order valence-corrected chi connectivity index (χ3v) is 2.59. The van der Waals surface area contributed by atoms with Crippen molar-refractivity contribution in [1.82, 2.24) is 9.97 Å². The summed E-state index contributed by atoms with van der Waals surface area (Å²) in [5.74, 6) is 0. The summed E-state index contributed by atoms with van der Waals surface area (Å²) in [5, 5.41) is 0.821. The molecule has 3 heteroatoms. The van der Waals surface area contributed by atoms with Gasteiger partial charge < -0.3 is 0 Å². The minimum atomic E-state index is 0.821. The van der Waals surface area contributed by atoms with E-state index in [-0.39, 0.29) is 0 Å². The van der Waals surface area contributed by atoms with Gasteiger partial charge in [-0.15, -0.1) is 0 Å². The standard InChI is InChI=1S/C12H11ClN2/c13-12-4-2-1-3-10(12)5-6-11-9-14-7-8-15-11/h1-4,7-9H,5-6H2. The number of aryl methyl sites for hydroxylation is 2. The Bertz CT molecular complexity index is 429. The van der Waals surface area contributed by atoms with Gasteiger partial charge in [-0.3, -0.25) is 9.97 Å². The molecule has 0 aliphatic carbocycles. The summed E-state index contributed by atoms with van der Waals surface area (Å²) in [6.45, 7) is 0. The third kappa shape index (κ3) is 2.77. The molecule has 0 saturated heterocycles. The monoisotopic (exact) mass is 218 g/mol. The van der Waals surface area contributed by atoms with Crippen LogP contribution in [0.5, 0.6) is 0 Å². The van der Waals surface area contributed by atoms with E-state index in [0.717, 1.165) is 29.1 Å². The van der Waals surface area contributed by atoms with Crippen molar-refractivity contribution >= 4 is 11.6 Å². The second-order valence-electron chi connectivity index (χ2n) is 3.29. The molecule has 0 aliphatic heterocycles. The highest BCUT2D eigenvalue weighted by molar-refractivity contribution is 6.31. The molecular weight excluding hydrogens is 208 g/mol. The van der Waals surface area contributed by atoms with Crippen LogP contribution in [-0.4, -0.2) is 9.97 Å². The van der Waals surface area contributed by atoms with Gasteiger partial charge in [0.2, 0.25) is 0 Å². The van der Waals surface area contributed by atoms with Crippen molar-refractivity contribution in [3.63, 3.8) is 0 Å². The van der Waals surface area contributed by atoms with Crippen molar-refractivity contribution in [2.24, 2.45) is 0 Å². The Labute approximate surface area is 94.0 Å². The Kier molecular flexibility index (Phi) is 3.30. The second-order valence-corrected chi connectivity index (χ2v) is 3.70. The van der Waals surface area contributed by atoms with Gasteiger partial charge >= 0.3 is 0 Å². The Hall–Kier alpha value is -1.41. The van der Waals surface area contributed by atoms with Crippen molar-refractivity contribution < 1.29 is 0 Å². The normalized spacial score (nSPS) is 10.2. The number of nitrogens with zero attached hydrogens (tertiary/aromatic N) is 2. The zero-order valence-corrected chi connectivity index (χ0v) is 8.98. The zero-order chi connectivity index (χ0) is 10.5. The maximum Gasteiger partial charge on any atom is 0.0589 e. The SMILES string of the molecule is Clc1ccccc1CCc1cnccn1. The molecule has 1 heterocycles. The lowest BCUT2D eigenvalue weighted by Gasteiger charge is -2.02. The van der Waals surface area contributed by atoms with Crippen LogP contribution in [0.25, 0.3) is 0 Å². The number of halogens is 1. The Balaban J connectivity index is 2.03. The summed E-state index contributed by atoms with van der Waals surface area (Å²) in [5.41, 5.74) is 2.15. The van der Waals surface area contributed by atoms with Crippen LogP contribution in [0.4, 0.5) is 0 Å². The fourth-order valence-electron chi connectivity index (χ4n) is 1.42. The fourth-order valence-corrected chi connectivity index (χ4v) is 1.65. The van der Waals surface area contributed by atoms with Gasteiger partial charge in [0, 0.05) is 23.6 Å². The first-order valence-corrected chi connectivity index (χ1v) is 5.22. The fraction of sp³-hybridized carbons (Fsp3) is 0.167. The lowest BCUT2D eigenvalue weighted by atomic mass is 10.1. The smallest absolute Gasteiger partial charge is 0.0589 e. The summed E-state index contributed by atoms with van der Waals surface area (Å²) in [4.78, 5) is 8.24. The van der Waals surface area contributed by atoms with Gasteiger partial charge in [0.05, 0.1) is 5.69 Å². The summed E-state index contributed by atoms with van der Waals surface area (Å²) in [6.07, 6.45) is 6.95. The first-order chi connectivity index (χ1) is 7.36. The molecule has 0 bridgehead atoms. The maximum atomic E-state index is 6.05. The van der Waals surface area contributed by atoms with Crippen LogP contribution in [0.2, 0.25) is 5.02 Å². The van der Waals surface area contributed by atoms with E-state index < -0.39 is 0 Å². The molecule has 0 amide bonds. The van der Waals surface area contributed by atoms with Gasteiger partial charge in [0.1, 0.15) is 0 Å². The van der Waals surface area contributed by atoms with Crippen LogP contribution in [0.3, 0.4) is 0 Å². The van der Waals surface area contributed by atoms with E-state index in [1.807, 2.05) is 24.3 Å². The predicted molar refractivity (Wildman–Crippen MR) is 60.9 cm³/mol. The van der Waals surface area contributed by atoms with Crippen molar-refractivity contribution in [2.45, 2.75) is 12.8 Å². The highest BCUT2D eigenvalue weighted by Gasteiger charge is 2.00. The Morgan fingerprint density at radius 1 is 1.07 bits per heavy atom. The molecular formula is C12H11ClN2. The average Bonchev–Trinajstić information content (AvgIpc) is 2.29. The third-order valence-electron chi connectivity index (χ3n) is 2.22. The Morgan fingerprint density at radius 3 is 2.67 bits per heavy atom. The molecule has 0 N–H and O–H groups in total. The molecule has 2 rings (SSSR count). The molecule has 0 saturated carbocycles. The number of benzene rings is 1. The summed E-state index contributed by atoms with van der Waals surface area (Å²) in [7, 11) is 0. The lowest BCUT2D eigenvalue weighted by molar-refractivity contribution is 0.899. The van der Waals surface area contributed by atoms with Crippen LogP contribution in [0.1, 0.15) is 11.3 Å². The van der Waals surface area contributed by atoms with Crippen molar-refractivity contribution in [1.29, 1.82) is 0 Å². The molecule has 15 heavy (non-hydrogen) atoms. The Morgan fingerprint density at radius 2 is 1.93 bits per heavy atom. The quantitative estimate of drug-likeness (QED) is 0.792. The zero-order valence-electron chi connectivity index (χ0n) is 8.23. The van der Waals surface area contributed by atoms with Crippen LogP contribution < -0.4 is 0 Å². The topological polar surface area (TPSA) is 25.8 Å². The lowest BCUT2D eigenvalue weighted by Crippen LogP contribution is -1.95. The molecule has 1 aromatic carbocycles. The molecule has 0 unspecified atom stereocenters. The van der Waals surface area contributed by atoms with E-state index in [4.69, 9.17) is 11.6 Å². The molecule has 0 atom stereocenters. The molecule has 2 nitrogen and oxygen atoms in total.